The van der Waals surface area contributed by atoms with Crippen LogP contribution in [0, 0.1) is 11.3 Å². The van der Waals surface area contributed by atoms with E-state index in [0.29, 0.717) is 41.2 Å². The molecule has 3 rings (SSSR count). The van der Waals surface area contributed by atoms with Crippen LogP contribution in [0.15, 0.2) is 91.0 Å². The fourth-order valence-electron chi connectivity index (χ4n) is 3.67. The Balaban J connectivity index is 1.93. The number of rotatable bonds is 13. The number of anilines is 1. The van der Waals surface area contributed by atoms with Crippen molar-refractivity contribution in [3.05, 3.63) is 102 Å². The number of hydrogen-bond donors (Lipinski definition) is 4. The van der Waals surface area contributed by atoms with Crippen LogP contribution in [-0.2, 0) is 9.53 Å². The summed E-state index contributed by atoms with van der Waals surface area (Å²) in [7, 11) is 0. The van der Waals surface area contributed by atoms with Gasteiger partial charge in [0.2, 0.25) is 0 Å². The summed E-state index contributed by atoms with van der Waals surface area (Å²) in [6.07, 6.45) is 0.937. The zero-order valence-corrected chi connectivity index (χ0v) is 21.0. The van der Waals surface area contributed by atoms with Gasteiger partial charge in [-0.05, 0) is 55.3 Å². The van der Waals surface area contributed by atoms with Crippen molar-refractivity contribution in [1.29, 1.82) is 5.26 Å². The molecule has 2 amide bonds. The van der Waals surface area contributed by atoms with Gasteiger partial charge in [0.25, 0.3) is 5.91 Å². The van der Waals surface area contributed by atoms with Gasteiger partial charge in [0.15, 0.2) is 6.10 Å². The van der Waals surface area contributed by atoms with Crippen molar-refractivity contribution in [1.82, 2.24) is 5.48 Å². The summed E-state index contributed by atoms with van der Waals surface area (Å²) in [5.74, 6) is 0.266. The van der Waals surface area contributed by atoms with Crippen LogP contribution in [0.25, 0.3) is 0 Å². The molecular formula is C29H29N3O7. The Morgan fingerprint density at radius 1 is 1.00 bits per heavy atom. The standard InChI is InChI=1S/C29H29N3O7/c30-20-21-14-16-22(17-15-21)31-29(35)39-28(24-10-4-5-11-25(24)37-19-18-33)26(12-6-7-13-27(34)32-36)38-23-8-2-1-3-9-23/h1-5,7-11,13-17,26,28,33,36H,6,12,18-19H2,(H,31,35)(H,32,34)/b13-7+/t26-,28-/m0/s1. The van der Waals surface area contributed by atoms with Gasteiger partial charge in [-0.2, -0.15) is 5.26 Å². The SMILES string of the molecule is N#Cc1ccc(NC(=O)O[C@@H](c2ccccc2OCCO)[C@H](CC/C=C/C(=O)NO)Oc2ccccc2)cc1. The van der Waals surface area contributed by atoms with Crippen LogP contribution in [-0.4, -0.2) is 41.6 Å². The van der Waals surface area contributed by atoms with Crippen molar-refractivity contribution in [2.45, 2.75) is 25.0 Å². The molecular weight excluding hydrogens is 502 g/mol. The molecule has 0 heterocycles. The molecule has 0 bridgehead atoms. The van der Waals surface area contributed by atoms with Crippen molar-refractivity contribution in [2.24, 2.45) is 0 Å². The van der Waals surface area contributed by atoms with Crippen LogP contribution in [0.2, 0.25) is 0 Å². The summed E-state index contributed by atoms with van der Waals surface area (Å²) in [6.45, 7) is -0.176. The van der Waals surface area contributed by atoms with Gasteiger partial charge >= 0.3 is 6.09 Å². The highest BCUT2D eigenvalue weighted by molar-refractivity contribution is 5.86. The Bertz CT molecular complexity index is 1270. The summed E-state index contributed by atoms with van der Waals surface area (Å²) < 4.78 is 17.9. The smallest absolute Gasteiger partial charge is 0.412 e. The number of nitrogens with zero attached hydrogens (tertiary/aromatic N) is 1. The second-order valence-electron chi connectivity index (χ2n) is 8.18. The first-order chi connectivity index (χ1) is 19.0. The van der Waals surface area contributed by atoms with Crippen molar-refractivity contribution in [2.75, 3.05) is 18.5 Å². The highest BCUT2D eigenvalue weighted by Crippen LogP contribution is 2.34. The van der Waals surface area contributed by atoms with Crippen LogP contribution >= 0.6 is 0 Å². The van der Waals surface area contributed by atoms with E-state index >= 15 is 0 Å². The van der Waals surface area contributed by atoms with Crippen molar-refractivity contribution >= 4 is 17.7 Å². The second-order valence-corrected chi connectivity index (χ2v) is 8.18. The van der Waals surface area contributed by atoms with E-state index in [9.17, 15) is 14.7 Å². The Hall–Kier alpha value is -4.85. The predicted octanol–water partition coefficient (Wildman–Crippen LogP) is 4.51. The molecule has 0 aliphatic carbocycles. The monoisotopic (exact) mass is 531 g/mol. The molecule has 39 heavy (non-hydrogen) atoms. The van der Waals surface area contributed by atoms with Gasteiger partial charge in [-0.3, -0.25) is 15.3 Å². The lowest BCUT2D eigenvalue weighted by molar-refractivity contribution is -0.124. The minimum Gasteiger partial charge on any atom is -0.491 e. The largest absolute Gasteiger partial charge is 0.491 e. The lowest BCUT2D eigenvalue weighted by Gasteiger charge is -2.29. The average Bonchev–Trinajstić information content (AvgIpc) is 2.97. The molecule has 0 saturated carbocycles. The van der Waals surface area contributed by atoms with Crippen molar-refractivity contribution in [3.8, 4) is 17.6 Å². The molecule has 0 saturated heterocycles. The van der Waals surface area contributed by atoms with Crippen LogP contribution in [0.4, 0.5) is 10.5 Å². The van der Waals surface area contributed by atoms with E-state index in [1.54, 1.807) is 66.7 Å². The van der Waals surface area contributed by atoms with Crippen LogP contribution in [0.5, 0.6) is 11.5 Å². The Morgan fingerprint density at radius 2 is 1.72 bits per heavy atom. The van der Waals surface area contributed by atoms with Gasteiger partial charge in [0.1, 0.15) is 24.2 Å². The molecule has 0 aliphatic rings. The van der Waals surface area contributed by atoms with Gasteiger partial charge in [0.05, 0.1) is 18.2 Å². The average molecular weight is 532 g/mol. The normalized spacial score (nSPS) is 12.1. The molecule has 2 atom stereocenters. The number of carbonyl (C=O) groups excluding carboxylic acids is 2. The Kier molecular flexibility index (Phi) is 11.3. The third kappa shape index (κ3) is 9.19. The third-order valence-electron chi connectivity index (χ3n) is 5.43. The molecule has 0 spiro atoms. The number of nitriles is 1. The van der Waals surface area contributed by atoms with Crippen LogP contribution < -0.4 is 20.3 Å². The maximum atomic E-state index is 13.1. The number of ether oxygens (including phenoxy) is 3. The predicted molar refractivity (Wildman–Crippen MR) is 142 cm³/mol. The number of aliphatic hydroxyl groups excluding tert-OH is 1. The first-order valence-electron chi connectivity index (χ1n) is 12.2. The molecule has 3 aromatic carbocycles. The number of allylic oxidation sites excluding steroid dienone is 1. The zero-order chi connectivity index (χ0) is 27.9. The molecule has 0 fully saturated rings. The minimum atomic E-state index is -0.974. The molecule has 202 valence electrons. The van der Waals surface area contributed by atoms with E-state index < -0.39 is 24.2 Å². The number of aliphatic hydroxyl groups is 1. The zero-order valence-electron chi connectivity index (χ0n) is 21.0. The Labute approximate surface area is 226 Å². The van der Waals surface area contributed by atoms with E-state index in [-0.39, 0.29) is 13.2 Å². The molecule has 4 N–H and O–H groups in total. The second kappa shape index (κ2) is 15.4. The molecule has 10 nitrogen and oxygen atoms in total. The number of nitrogens with one attached hydrogen (secondary N) is 2. The van der Waals surface area contributed by atoms with Crippen molar-refractivity contribution in [3.63, 3.8) is 0 Å². The fraction of sp³-hybridized carbons (Fsp3) is 0.207. The third-order valence-corrected chi connectivity index (χ3v) is 5.43. The number of para-hydroxylation sites is 2. The first-order valence-corrected chi connectivity index (χ1v) is 12.2. The van der Waals surface area contributed by atoms with Crippen LogP contribution in [0.1, 0.15) is 30.1 Å². The number of carbonyl (C=O) groups is 2. The van der Waals surface area contributed by atoms with E-state index in [0.717, 1.165) is 0 Å². The van der Waals surface area contributed by atoms with Gasteiger partial charge in [0, 0.05) is 17.3 Å². The molecule has 0 aliphatic heterocycles. The minimum absolute atomic E-state index is 0.0321. The molecule has 0 unspecified atom stereocenters. The van der Waals surface area contributed by atoms with Gasteiger partial charge in [-0.25, -0.2) is 10.3 Å². The number of hydroxylamine groups is 1. The first kappa shape index (κ1) is 28.7. The summed E-state index contributed by atoms with van der Waals surface area (Å²) in [5, 5.41) is 29.7. The highest BCUT2D eigenvalue weighted by Gasteiger charge is 2.31. The number of hydrogen-bond acceptors (Lipinski definition) is 8. The maximum Gasteiger partial charge on any atom is 0.412 e. The topological polar surface area (TPSA) is 150 Å². The number of benzene rings is 3. The summed E-state index contributed by atoms with van der Waals surface area (Å²) >= 11 is 0. The summed E-state index contributed by atoms with van der Waals surface area (Å²) in [6, 6.07) is 24.3. The van der Waals surface area contributed by atoms with E-state index in [1.165, 1.54) is 11.6 Å². The van der Waals surface area contributed by atoms with Crippen molar-refractivity contribution < 1.29 is 34.1 Å². The van der Waals surface area contributed by atoms with Crippen LogP contribution in [0.3, 0.4) is 0 Å². The molecule has 0 aromatic heterocycles. The highest BCUT2D eigenvalue weighted by atomic mass is 16.6. The van der Waals surface area contributed by atoms with E-state index in [4.69, 9.17) is 24.7 Å². The molecule has 10 heteroatoms. The Morgan fingerprint density at radius 3 is 2.41 bits per heavy atom. The summed E-state index contributed by atoms with van der Waals surface area (Å²) in [4.78, 5) is 24.5. The molecule has 3 aromatic rings. The molecule has 0 radical (unpaired) electrons. The van der Waals surface area contributed by atoms with Gasteiger partial charge in [-0.15, -0.1) is 0 Å². The van der Waals surface area contributed by atoms with E-state index in [1.807, 2.05) is 24.3 Å². The van der Waals surface area contributed by atoms with E-state index in [2.05, 4.69) is 5.32 Å². The number of amides is 2. The fourth-order valence-corrected chi connectivity index (χ4v) is 3.67. The van der Waals surface area contributed by atoms with Gasteiger partial charge in [-0.1, -0.05) is 42.5 Å². The summed E-state index contributed by atoms with van der Waals surface area (Å²) in [5.41, 5.74) is 2.93. The lowest BCUT2D eigenvalue weighted by Crippen LogP contribution is -2.31. The quantitative estimate of drug-likeness (QED) is 0.143. The maximum absolute atomic E-state index is 13.1. The lowest BCUT2D eigenvalue weighted by atomic mass is 9.99. The van der Waals surface area contributed by atoms with Gasteiger partial charge < -0.3 is 19.3 Å².